The number of carbonyl (C=O) groups excluding carboxylic acids is 1. The maximum absolute atomic E-state index is 13.5. The summed E-state index contributed by atoms with van der Waals surface area (Å²) >= 11 is 1.29. The van der Waals surface area contributed by atoms with Crippen LogP contribution in [0.1, 0.15) is 30.1 Å². The van der Waals surface area contributed by atoms with E-state index in [1.807, 2.05) is 0 Å². The summed E-state index contributed by atoms with van der Waals surface area (Å²) in [6.45, 7) is 8.87. The Bertz CT molecular complexity index is 910. The summed E-state index contributed by atoms with van der Waals surface area (Å²) in [5, 5.41) is 4.37. The second-order valence-corrected chi connectivity index (χ2v) is 6.92. The van der Waals surface area contributed by atoms with Gasteiger partial charge in [-0.05, 0) is 38.2 Å². The first-order chi connectivity index (χ1) is 12.5. The highest BCUT2D eigenvalue weighted by molar-refractivity contribution is 7.22. The van der Waals surface area contributed by atoms with Crippen LogP contribution < -0.4 is 4.90 Å². The number of hydrogen-bond acceptors (Lipinski definition) is 6. The molecule has 3 aromatic rings. The van der Waals surface area contributed by atoms with Gasteiger partial charge in [0.05, 0.1) is 10.2 Å². The fourth-order valence-electron chi connectivity index (χ4n) is 2.67. The van der Waals surface area contributed by atoms with Crippen LogP contribution in [0.15, 0.2) is 28.8 Å². The number of aryl methyl sites for hydroxylation is 1. The minimum Gasteiger partial charge on any atom is -0.361 e. The van der Waals surface area contributed by atoms with Gasteiger partial charge in [0, 0.05) is 19.2 Å². The Hall–Kier alpha value is -2.03. The number of fused-ring (bicyclic) bond motifs is 1. The van der Waals surface area contributed by atoms with Gasteiger partial charge in [0.2, 0.25) is 0 Å². The van der Waals surface area contributed by atoms with Crippen molar-refractivity contribution in [2.45, 2.75) is 20.8 Å². The number of halogens is 2. The van der Waals surface area contributed by atoms with E-state index in [-0.39, 0.29) is 29.8 Å². The average Bonchev–Trinajstić information content (AvgIpc) is 3.24. The Morgan fingerprint density at radius 1 is 1.22 bits per heavy atom. The number of likely N-dealkylation sites (N-methyl/N-ethyl adjacent to an activating group) is 1. The van der Waals surface area contributed by atoms with E-state index < -0.39 is 0 Å². The van der Waals surface area contributed by atoms with Gasteiger partial charge in [-0.2, -0.15) is 0 Å². The molecule has 0 aliphatic carbocycles. The molecule has 0 spiro atoms. The third-order valence-corrected chi connectivity index (χ3v) is 5.24. The molecule has 0 N–H and O–H groups in total. The van der Waals surface area contributed by atoms with E-state index in [0.29, 0.717) is 34.2 Å². The van der Waals surface area contributed by atoms with Crippen molar-refractivity contribution in [1.82, 2.24) is 15.0 Å². The summed E-state index contributed by atoms with van der Waals surface area (Å²) in [7, 11) is 0. The molecule has 9 heteroatoms. The lowest BCUT2D eigenvalue weighted by Crippen LogP contribution is -2.39. The number of anilines is 1. The molecule has 27 heavy (non-hydrogen) atoms. The zero-order chi connectivity index (χ0) is 18.7. The van der Waals surface area contributed by atoms with Crippen molar-refractivity contribution >= 4 is 45.0 Å². The third kappa shape index (κ3) is 4.82. The number of hydrogen-bond donors (Lipinski definition) is 0. The van der Waals surface area contributed by atoms with E-state index in [0.717, 1.165) is 13.1 Å². The maximum Gasteiger partial charge on any atom is 0.282 e. The van der Waals surface area contributed by atoms with Crippen molar-refractivity contribution in [1.29, 1.82) is 0 Å². The molecule has 0 saturated carbocycles. The van der Waals surface area contributed by atoms with Crippen molar-refractivity contribution in [3.8, 4) is 0 Å². The van der Waals surface area contributed by atoms with Crippen molar-refractivity contribution in [2.75, 3.05) is 31.1 Å². The van der Waals surface area contributed by atoms with Gasteiger partial charge in [-0.1, -0.05) is 30.3 Å². The fraction of sp³-hybridized carbons (Fsp3) is 0.389. The molecule has 0 saturated heterocycles. The molecule has 0 aliphatic heterocycles. The Balaban J connectivity index is 0.00000261. The first-order valence-corrected chi connectivity index (χ1v) is 9.37. The molecule has 1 aromatic carbocycles. The minimum atomic E-state index is -0.319. The van der Waals surface area contributed by atoms with Crippen LogP contribution >= 0.6 is 23.7 Å². The summed E-state index contributed by atoms with van der Waals surface area (Å²) in [5.41, 5.74) is 0.913. The Morgan fingerprint density at radius 2 is 1.96 bits per heavy atom. The standard InChI is InChI=1S/C18H21FN4O2S.ClH/c1-4-22(5-2)8-9-23(17(24)15-10-12(3)25-21-15)18-20-14-7-6-13(19)11-16(14)26-18;/h6-7,10-11H,4-5,8-9H2,1-3H3;1H. The van der Waals surface area contributed by atoms with Crippen LogP contribution in [0, 0.1) is 12.7 Å². The van der Waals surface area contributed by atoms with E-state index in [9.17, 15) is 9.18 Å². The number of nitrogens with zero attached hydrogens (tertiary/aromatic N) is 4. The zero-order valence-electron chi connectivity index (χ0n) is 15.4. The van der Waals surface area contributed by atoms with Crippen LogP contribution in [0.2, 0.25) is 0 Å². The van der Waals surface area contributed by atoms with Crippen molar-refractivity contribution < 1.29 is 13.7 Å². The maximum atomic E-state index is 13.5. The Labute approximate surface area is 167 Å². The number of carbonyl (C=O) groups is 1. The first kappa shape index (κ1) is 21.3. The summed E-state index contributed by atoms with van der Waals surface area (Å²) in [4.78, 5) is 21.3. The Morgan fingerprint density at radius 3 is 2.59 bits per heavy atom. The highest BCUT2D eigenvalue weighted by Gasteiger charge is 2.24. The molecule has 3 rings (SSSR count). The lowest BCUT2D eigenvalue weighted by molar-refractivity contribution is 0.0975. The summed E-state index contributed by atoms with van der Waals surface area (Å²) < 4.78 is 19.2. The SMILES string of the molecule is CCN(CC)CCN(C(=O)c1cc(C)on1)c1nc2ccc(F)cc2s1.Cl. The van der Waals surface area contributed by atoms with Gasteiger partial charge in [-0.15, -0.1) is 12.4 Å². The van der Waals surface area contributed by atoms with E-state index in [1.165, 1.54) is 23.5 Å². The molecule has 1 amide bonds. The predicted molar refractivity (Wildman–Crippen MR) is 108 cm³/mol. The van der Waals surface area contributed by atoms with E-state index in [1.54, 1.807) is 24.0 Å². The van der Waals surface area contributed by atoms with Crippen LogP contribution in [-0.4, -0.2) is 47.1 Å². The second-order valence-electron chi connectivity index (χ2n) is 5.91. The van der Waals surface area contributed by atoms with Crippen molar-refractivity contribution in [3.05, 3.63) is 41.5 Å². The highest BCUT2D eigenvalue weighted by atomic mass is 35.5. The largest absolute Gasteiger partial charge is 0.361 e. The summed E-state index contributed by atoms with van der Waals surface area (Å²) in [6, 6.07) is 6.04. The van der Waals surface area contributed by atoms with Crippen molar-refractivity contribution in [3.63, 3.8) is 0 Å². The number of amides is 1. The van der Waals surface area contributed by atoms with Gasteiger partial charge < -0.3 is 9.42 Å². The van der Waals surface area contributed by atoms with Crippen LogP contribution in [0.25, 0.3) is 10.2 Å². The number of aromatic nitrogens is 2. The molecule has 2 aromatic heterocycles. The topological polar surface area (TPSA) is 62.5 Å². The molecule has 146 valence electrons. The molecule has 2 heterocycles. The summed E-state index contributed by atoms with van der Waals surface area (Å²) in [6.07, 6.45) is 0. The van der Waals surface area contributed by atoms with Gasteiger partial charge in [0.25, 0.3) is 5.91 Å². The fourth-order valence-corrected chi connectivity index (χ4v) is 3.69. The number of thiazole rings is 1. The quantitative estimate of drug-likeness (QED) is 0.583. The van der Waals surface area contributed by atoms with E-state index in [4.69, 9.17) is 4.52 Å². The monoisotopic (exact) mass is 412 g/mol. The zero-order valence-corrected chi connectivity index (χ0v) is 17.1. The first-order valence-electron chi connectivity index (χ1n) is 8.55. The van der Waals surface area contributed by atoms with Crippen LogP contribution in [0.3, 0.4) is 0 Å². The van der Waals surface area contributed by atoms with Gasteiger partial charge in [0.15, 0.2) is 10.8 Å². The molecule has 0 aliphatic rings. The van der Waals surface area contributed by atoms with Gasteiger partial charge in [-0.3, -0.25) is 9.69 Å². The van der Waals surface area contributed by atoms with Crippen molar-refractivity contribution in [2.24, 2.45) is 0 Å². The normalized spacial score (nSPS) is 11.0. The molecule has 6 nitrogen and oxygen atoms in total. The van der Waals surface area contributed by atoms with Crippen LogP contribution in [0.5, 0.6) is 0 Å². The minimum absolute atomic E-state index is 0. The van der Waals surface area contributed by atoms with Gasteiger partial charge in [-0.25, -0.2) is 9.37 Å². The lowest BCUT2D eigenvalue weighted by atomic mass is 10.3. The van der Waals surface area contributed by atoms with Gasteiger partial charge in [0.1, 0.15) is 11.6 Å². The molecule has 0 unspecified atom stereocenters. The third-order valence-electron chi connectivity index (χ3n) is 4.20. The molecule has 0 fully saturated rings. The van der Waals surface area contributed by atoms with Crippen LogP contribution in [0.4, 0.5) is 9.52 Å². The molecular formula is C18H22ClFN4O2S. The van der Waals surface area contributed by atoms with Gasteiger partial charge >= 0.3 is 0 Å². The molecule has 0 atom stereocenters. The van der Waals surface area contributed by atoms with E-state index >= 15 is 0 Å². The smallest absolute Gasteiger partial charge is 0.282 e. The molecule has 0 radical (unpaired) electrons. The average molecular weight is 413 g/mol. The predicted octanol–water partition coefficient (Wildman–Crippen LogP) is 4.14. The Kier molecular flexibility index (Phi) is 7.29. The summed E-state index contributed by atoms with van der Waals surface area (Å²) in [5.74, 6) is -0.0159. The highest BCUT2D eigenvalue weighted by Crippen LogP contribution is 2.30. The number of benzene rings is 1. The number of rotatable bonds is 7. The second kappa shape index (κ2) is 9.25. The van der Waals surface area contributed by atoms with E-state index in [2.05, 4.69) is 28.9 Å². The van der Waals surface area contributed by atoms with Crippen LogP contribution in [-0.2, 0) is 0 Å². The molecule has 0 bridgehead atoms. The lowest BCUT2D eigenvalue weighted by Gasteiger charge is -2.24. The molecular weight excluding hydrogens is 391 g/mol.